The smallest absolute Gasteiger partial charge is 0.0627 e. The van der Waals surface area contributed by atoms with Crippen LogP contribution in [0.5, 0.6) is 0 Å². The van der Waals surface area contributed by atoms with Crippen LogP contribution in [-0.2, 0) is 4.74 Å². The van der Waals surface area contributed by atoms with Gasteiger partial charge in [-0.25, -0.2) is 0 Å². The van der Waals surface area contributed by atoms with Crippen LogP contribution in [-0.4, -0.2) is 32.2 Å². The van der Waals surface area contributed by atoms with E-state index in [-0.39, 0.29) is 0 Å². The van der Waals surface area contributed by atoms with Crippen molar-refractivity contribution in [1.82, 2.24) is 5.32 Å². The minimum atomic E-state index is 0.295. The molecule has 0 heterocycles. The van der Waals surface area contributed by atoms with Crippen molar-refractivity contribution in [2.45, 2.75) is 19.9 Å². The molecule has 0 aliphatic rings. The molecule has 0 saturated carbocycles. The summed E-state index contributed by atoms with van der Waals surface area (Å²) in [5, 5.41) is 3.31. The van der Waals surface area contributed by atoms with E-state index in [1.54, 1.807) is 7.11 Å². The number of methoxy groups -OCH3 is 1. The normalized spacial score (nSPS) is 13.9. The lowest BCUT2D eigenvalue weighted by Gasteiger charge is -2.16. The Bertz CT molecular complexity index is 88.2. The molecule has 2 nitrogen and oxygen atoms in total. The first-order valence-electron chi connectivity index (χ1n) is 3.99. The molecule has 0 spiro atoms. The number of ether oxygens (including phenoxy) is 1. The predicted octanol–water partition coefficient (Wildman–Crippen LogP) is 1.49. The minimum Gasteiger partial charge on any atom is -0.383 e. The molecular weight excluding hydrogens is 162 g/mol. The third-order valence-corrected chi connectivity index (χ3v) is 1.74. The van der Waals surface area contributed by atoms with Gasteiger partial charge in [-0.15, -0.1) is 11.6 Å². The Morgan fingerprint density at radius 2 is 2.09 bits per heavy atom. The lowest BCUT2D eigenvalue weighted by molar-refractivity contribution is 0.172. The fourth-order valence-corrected chi connectivity index (χ4v) is 0.960. The molecule has 0 saturated heterocycles. The summed E-state index contributed by atoms with van der Waals surface area (Å²) in [4.78, 5) is 0. The molecule has 0 radical (unpaired) electrons. The highest BCUT2D eigenvalue weighted by molar-refractivity contribution is 6.18. The number of alkyl halides is 1. The van der Waals surface area contributed by atoms with E-state index in [1.165, 1.54) is 0 Å². The lowest BCUT2D eigenvalue weighted by Crippen LogP contribution is -2.37. The highest BCUT2D eigenvalue weighted by Gasteiger charge is 2.05. The molecule has 0 fully saturated rings. The first kappa shape index (κ1) is 11.2. The van der Waals surface area contributed by atoms with E-state index in [4.69, 9.17) is 16.3 Å². The van der Waals surface area contributed by atoms with Crippen molar-refractivity contribution in [3.05, 3.63) is 0 Å². The lowest BCUT2D eigenvalue weighted by atomic mass is 10.2. The van der Waals surface area contributed by atoms with Crippen molar-refractivity contribution in [3.63, 3.8) is 0 Å². The molecular formula is C8H18ClNO. The van der Waals surface area contributed by atoms with Gasteiger partial charge in [0.25, 0.3) is 0 Å². The third kappa shape index (κ3) is 6.60. The number of halogens is 1. The largest absolute Gasteiger partial charge is 0.383 e. The summed E-state index contributed by atoms with van der Waals surface area (Å²) in [6, 6.07) is 0.295. The Morgan fingerprint density at radius 1 is 1.45 bits per heavy atom. The monoisotopic (exact) mass is 179 g/mol. The summed E-state index contributed by atoms with van der Waals surface area (Å²) in [6.45, 7) is 6.03. The molecule has 68 valence electrons. The summed E-state index contributed by atoms with van der Waals surface area (Å²) in [6.07, 6.45) is 0. The second-order valence-corrected chi connectivity index (χ2v) is 3.42. The SMILES string of the molecule is COCC(CCl)NCC(C)C. The average molecular weight is 180 g/mol. The summed E-state index contributed by atoms with van der Waals surface area (Å²) in [5.41, 5.74) is 0. The summed E-state index contributed by atoms with van der Waals surface area (Å²) >= 11 is 5.69. The van der Waals surface area contributed by atoms with Crippen molar-refractivity contribution >= 4 is 11.6 Å². The first-order chi connectivity index (χ1) is 5.20. The molecule has 1 atom stereocenters. The predicted molar refractivity (Wildman–Crippen MR) is 49.2 cm³/mol. The van der Waals surface area contributed by atoms with Crippen molar-refractivity contribution in [2.75, 3.05) is 26.1 Å². The maximum absolute atomic E-state index is 5.69. The maximum Gasteiger partial charge on any atom is 0.0627 e. The van der Waals surface area contributed by atoms with Crippen molar-refractivity contribution in [1.29, 1.82) is 0 Å². The molecule has 0 bridgehead atoms. The first-order valence-corrected chi connectivity index (χ1v) is 4.52. The molecule has 0 aliphatic carbocycles. The number of hydrogen-bond acceptors (Lipinski definition) is 2. The van der Waals surface area contributed by atoms with Gasteiger partial charge in [0, 0.05) is 19.0 Å². The molecule has 0 aromatic heterocycles. The Kier molecular flexibility index (Phi) is 7.02. The quantitative estimate of drug-likeness (QED) is 0.624. The van der Waals surface area contributed by atoms with Crippen LogP contribution in [0, 0.1) is 5.92 Å². The van der Waals surface area contributed by atoms with Gasteiger partial charge < -0.3 is 10.1 Å². The van der Waals surface area contributed by atoms with Crippen molar-refractivity contribution < 1.29 is 4.74 Å². The molecule has 1 N–H and O–H groups in total. The van der Waals surface area contributed by atoms with Gasteiger partial charge in [0.2, 0.25) is 0 Å². The molecule has 1 unspecified atom stereocenters. The molecule has 3 heteroatoms. The molecule has 0 amide bonds. The van der Waals surface area contributed by atoms with Gasteiger partial charge in [0.05, 0.1) is 6.61 Å². The fraction of sp³-hybridized carbons (Fsp3) is 1.00. The Morgan fingerprint density at radius 3 is 2.45 bits per heavy atom. The molecule has 0 rings (SSSR count). The zero-order valence-electron chi connectivity index (χ0n) is 7.56. The van der Waals surface area contributed by atoms with Crippen LogP contribution in [0.4, 0.5) is 0 Å². The van der Waals surface area contributed by atoms with Gasteiger partial charge in [-0.3, -0.25) is 0 Å². The van der Waals surface area contributed by atoms with Gasteiger partial charge >= 0.3 is 0 Å². The van der Waals surface area contributed by atoms with E-state index in [2.05, 4.69) is 19.2 Å². The van der Waals surface area contributed by atoms with Crippen LogP contribution in [0.15, 0.2) is 0 Å². The van der Waals surface area contributed by atoms with E-state index in [0.717, 1.165) is 6.54 Å². The van der Waals surface area contributed by atoms with Crippen LogP contribution >= 0.6 is 11.6 Å². The number of rotatable bonds is 6. The van der Waals surface area contributed by atoms with E-state index in [0.29, 0.717) is 24.4 Å². The fourth-order valence-electron chi connectivity index (χ4n) is 0.762. The molecule has 0 aliphatic heterocycles. The van der Waals surface area contributed by atoms with Crippen molar-refractivity contribution in [2.24, 2.45) is 5.92 Å². The van der Waals surface area contributed by atoms with Gasteiger partial charge in [-0.2, -0.15) is 0 Å². The summed E-state index contributed by atoms with van der Waals surface area (Å²) in [5.74, 6) is 1.28. The van der Waals surface area contributed by atoms with Gasteiger partial charge in [-0.05, 0) is 12.5 Å². The second-order valence-electron chi connectivity index (χ2n) is 3.11. The van der Waals surface area contributed by atoms with Crippen LogP contribution in [0.2, 0.25) is 0 Å². The van der Waals surface area contributed by atoms with Gasteiger partial charge in [-0.1, -0.05) is 13.8 Å². The van der Waals surface area contributed by atoms with E-state index < -0.39 is 0 Å². The van der Waals surface area contributed by atoms with Crippen molar-refractivity contribution in [3.8, 4) is 0 Å². The highest BCUT2D eigenvalue weighted by Crippen LogP contribution is 1.93. The topological polar surface area (TPSA) is 21.3 Å². The van der Waals surface area contributed by atoms with Crippen LogP contribution in [0.1, 0.15) is 13.8 Å². The van der Waals surface area contributed by atoms with Gasteiger partial charge in [0.15, 0.2) is 0 Å². The zero-order chi connectivity index (χ0) is 8.69. The second kappa shape index (κ2) is 6.89. The molecule has 0 aromatic carbocycles. The minimum absolute atomic E-state index is 0.295. The molecule has 11 heavy (non-hydrogen) atoms. The number of hydrogen-bond donors (Lipinski definition) is 1. The number of nitrogens with one attached hydrogen (secondary N) is 1. The Balaban J connectivity index is 3.35. The van der Waals surface area contributed by atoms with Crippen LogP contribution in [0.25, 0.3) is 0 Å². The Labute approximate surface area is 74.3 Å². The summed E-state index contributed by atoms with van der Waals surface area (Å²) in [7, 11) is 1.69. The van der Waals surface area contributed by atoms with Crippen LogP contribution < -0.4 is 5.32 Å². The maximum atomic E-state index is 5.69. The molecule has 0 aromatic rings. The summed E-state index contributed by atoms with van der Waals surface area (Å²) < 4.78 is 4.98. The highest BCUT2D eigenvalue weighted by atomic mass is 35.5. The van der Waals surface area contributed by atoms with E-state index >= 15 is 0 Å². The third-order valence-electron chi connectivity index (χ3n) is 1.37. The Hall–Kier alpha value is 0.210. The zero-order valence-corrected chi connectivity index (χ0v) is 8.32. The standard InChI is InChI=1S/C8H18ClNO/c1-7(2)5-10-8(4-9)6-11-3/h7-8,10H,4-6H2,1-3H3. The average Bonchev–Trinajstić information content (AvgIpc) is 1.97. The van der Waals surface area contributed by atoms with E-state index in [9.17, 15) is 0 Å². The van der Waals surface area contributed by atoms with E-state index in [1.807, 2.05) is 0 Å². The van der Waals surface area contributed by atoms with Gasteiger partial charge in [0.1, 0.15) is 0 Å². The van der Waals surface area contributed by atoms with Crippen LogP contribution in [0.3, 0.4) is 0 Å².